The molecule has 0 atom stereocenters. The lowest BCUT2D eigenvalue weighted by Gasteiger charge is -2.05. The molecule has 0 saturated carbocycles. The SMILES string of the molecule is CSC(=Nc1ccccc1)/C(=N/O)C(=O)c1ccccc1. The molecule has 2 rings (SSSR count). The van der Waals surface area contributed by atoms with Crippen LogP contribution in [0.2, 0.25) is 0 Å². The molecule has 0 radical (unpaired) electrons. The quantitative estimate of drug-likeness (QED) is 0.307. The summed E-state index contributed by atoms with van der Waals surface area (Å²) in [5.41, 5.74) is 1.10. The molecule has 0 aliphatic carbocycles. The van der Waals surface area contributed by atoms with Crippen molar-refractivity contribution >= 4 is 34.0 Å². The second-order valence-electron chi connectivity index (χ2n) is 4.10. The van der Waals surface area contributed by atoms with Gasteiger partial charge in [0.05, 0.1) is 5.69 Å². The maximum Gasteiger partial charge on any atom is 0.217 e. The van der Waals surface area contributed by atoms with E-state index in [1.165, 1.54) is 11.8 Å². The van der Waals surface area contributed by atoms with Crippen LogP contribution in [0.3, 0.4) is 0 Å². The Kier molecular flexibility index (Phi) is 5.29. The number of Topliss-reactive ketones (excluding diaryl/α,β-unsaturated/α-hetero) is 1. The first-order chi connectivity index (χ1) is 10.3. The van der Waals surface area contributed by atoms with E-state index in [-0.39, 0.29) is 11.5 Å². The van der Waals surface area contributed by atoms with Crippen LogP contribution in [0, 0.1) is 0 Å². The Hall–Kier alpha value is -2.40. The minimum Gasteiger partial charge on any atom is -0.410 e. The Bertz CT molecular complexity index is 667. The maximum atomic E-state index is 12.4. The van der Waals surface area contributed by atoms with Crippen LogP contribution in [0.15, 0.2) is 70.8 Å². The van der Waals surface area contributed by atoms with Crippen molar-refractivity contribution in [1.82, 2.24) is 0 Å². The van der Waals surface area contributed by atoms with Gasteiger partial charge in [-0.1, -0.05) is 53.7 Å². The minimum atomic E-state index is -0.359. The Labute approximate surface area is 127 Å². The van der Waals surface area contributed by atoms with Gasteiger partial charge in [-0.25, -0.2) is 4.99 Å². The number of oxime groups is 1. The Morgan fingerprint density at radius 1 is 1.00 bits per heavy atom. The second kappa shape index (κ2) is 7.40. The fraction of sp³-hybridized carbons (Fsp3) is 0.0625. The molecule has 0 bridgehead atoms. The zero-order valence-electron chi connectivity index (χ0n) is 11.4. The number of hydrogen-bond donors (Lipinski definition) is 1. The van der Waals surface area contributed by atoms with Crippen molar-refractivity contribution in [2.45, 2.75) is 0 Å². The lowest BCUT2D eigenvalue weighted by Crippen LogP contribution is -2.22. The molecule has 2 aromatic rings. The van der Waals surface area contributed by atoms with Crippen LogP contribution < -0.4 is 0 Å². The summed E-state index contributed by atoms with van der Waals surface area (Å²) in [5, 5.41) is 12.7. The molecule has 4 nitrogen and oxygen atoms in total. The van der Waals surface area contributed by atoms with Crippen molar-refractivity contribution in [3.05, 3.63) is 66.2 Å². The van der Waals surface area contributed by atoms with Gasteiger partial charge in [-0.3, -0.25) is 4.79 Å². The van der Waals surface area contributed by atoms with Crippen LogP contribution in [-0.2, 0) is 0 Å². The summed E-state index contributed by atoms with van der Waals surface area (Å²) in [6, 6.07) is 17.9. The summed E-state index contributed by atoms with van der Waals surface area (Å²) < 4.78 is 0. The van der Waals surface area contributed by atoms with E-state index >= 15 is 0 Å². The molecule has 2 aromatic carbocycles. The highest BCUT2D eigenvalue weighted by atomic mass is 32.2. The Morgan fingerprint density at radius 3 is 2.10 bits per heavy atom. The van der Waals surface area contributed by atoms with Crippen molar-refractivity contribution in [2.24, 2.45) is 10.1 Å². The number of carbonyl (C=O) groups excluding carboxylic acids is 1. The summed E-state index contributed by atoms with van der Waals surface area (Å²) in [7, 11) is 0. The molecule has 0 aliphatic heterocycles. The number of benzene rings is 2. The van der Waals surface area contributed by atoms with Crippen molar-refractivity contribution in [3.63, 3.8) is 0 Å². The van der Waals surface area contributed by atoms with Crippen LogP contribution in [-0.4, -0.2) is 28.0 Å². The molecule has 0 aromatic heterocycles. The van der Waals surface area contributed by atoms with Gasteiger partial charge in [-0.15, -0.1) is 11.8 Å². The standard InChI is InChI=1S/C16H14N2O2S/c1-21-16(17-13-10-6-3-7-11-13)14(18-20)15(19)12-8-4-2-5-9-12/h2-11,20H,1H3/b17-16?,18-14+. The molecule has 106 valence electrons. The fourth-order valence-corrected chi connectivity index (χ4v) is 2.25. The van der Waals surface area contributed by atoms with E-state index in [1.54, 1.807) is 30.5 Å². The number of thioether (sulfide) groups is 1. The largest absolute Gasteiger partial charge is 0.410 e. The van der Waals surface area contributed by atoms with Crippen molar-refractivity contribution in [3.8, 4) is 0 Å². The zero-order chi connectivity index (χ0) is 15.1. The Morgan fingerprint density at radius 2 is 1.57 bits per heavy atom. The monoisotopic (exact) mass is 298 g/mol. The lowest BCUT2D eigenvalue weighted by molar-refractivity contribution is 0.106. The lowest BCUT2D eigenvalue weighted by atomic mass is 10.1. The van der Waals surface area contributed by atoms with Crippen LogP contribution in [0.5, 0.6) is 0 Å². The molecule has 5 heteroatoms. The predicted octanol–water partition coefficient (Wildman–Crippen LogP) is 3.79. The number of para-hydroxylation sites is 1. The molecule has 0 fully saturated rings. The van der Waals surface area contributed by atoms with Gasteiger partial charge in [0.25, 0.3) is 0 Å². The van der Waals surface area contributed by atoms with Gasteiger partial charge in [0.15, 0.2) is 5.71 Å². The van der Waals surface area contributed by atoms with E-state index in [9.17, 15) is 10.0 Å². The molecule has 0 heterocycles. The summed E-state index contributed by atoms with van der Waals surface area (Å²) in [6.07, 6.45) is 1.78. The van der Waals surface area contributed by atoms with E-state index in [1.807, 2.05) is 36.4 Å². The first-order valence-electron chi connectivity index (χ1n) is 6.26. The van der Waals surface area contributed by atoms with Gasteiger partial charge in [0.2, 0.25) is 5.78 Å². The van der Waals surface area contributed by atoms with Crippen molar-refractivity contribution in [2.75, 3.05) is 6.26 Å². The predicted molar refractivity (Wildman–Crippen MR) is 87.0 cm³/mol. The van der Waals surface area contributed by atoms with E-state index in [0.29, 0.717) is 16.3 Å². The van der Waals surface area contributed by atoms with E-state index in [0.717, 1.165) is 0 Å². The number of hydrogen-bond acceptors (Lipinski definition) is 5. The van der Waals surface area contributed by atoms with E-state index in [2.05, 4.69) is 10.1 Å². The van der Waals surface area contributed by atoms with Gasteiger partial charge < -0.3 is 5.21 Å². The summed E-state index contributed by atoms with van der Waals surface area (Å²) in [5.74, 6) is -0.359. The highest BCUT2D eigenvalue weighted by Gasteiger charge is 2.20. The molecule has 0 unspecified atom stereocenters. The van der Waals surface area contributed by atoms with Crippen LogP contribution >= 0.6 is 11.8 Å². The van der Waals surface area contributed by atoms with E-state index < -0.39 is 0 Å². The average Bonchev–Trinajstić information content (AvgIpc) is 2.56. The summed E-state index contributed by atoms with van der Waals surface area (Å²) in [6.45, 7) is 0. The Balaban J connectivity index is 2.36. The van der Waals surface area contributed by atoms with Gasteiger partial charge in [-0.2, -0.15) is 0 Å². The van der Waals surface area contributed by atoms with Crippen molar-refractivity contribution < 1.29 is 10.0 Å². The molecular formula is C16H14N2O2S. The molecule has 1 N–H and O–H groups in total. The number of carbonyl (C=O) groups is 1. The molecule has 0 spiro atoms. The first kappa shape index (κ1) is 15.0. The van der Waals surface area contributed by atoms with Gasteiger partial charge in [0, 0.05) is 5.56 Å². The average molecular weight is 298 g/mol. The molecule has 0 amide bonds. The third kappa shape index (κ3) is 3.79. The van der Waals surface area contributed by atoms with Gasteiger partial charge >= 0.3 is 0 Å². The highest BCUT2D eigenvalue weighted by molar-refractivity contribution is 8.15. The topological polar surface area (TPSA) is 62.0 Å². The number of aliphatic imine (C=N–C) groups is 1. The highest BCUT2D eigenvalue weighted by Crippen LogP contribution is 2.16. The van der Waals surface area contributed by atoms with Crippen LogP contribution in [0.1, 0.15) is 10.4 Å². The summed E-state index contributed by atoms with van der Waals surface area (Å²) >= 11 is 1.26. The second-order valence-corrected chi connectivity index (χ2v) is 4.90. The zero-order valence-corrected chi connectivity index (χ0v) is 12.2. The molecular weight excluding hydrogens is 284 g/mol. The minimum absolute atomic E-state index is 0.0578. The van der Waals surface area contributed by atoms with Crippen LogP contribution in [0.25, 0.3) is 0 Å². The third-order valence-corrected chi connectivity index (χ3v) is 3.41. The summed E-state index contributed by atoms with van der Waals surface area (Å²) in [4.78, 5) is 16.7. The smallest absolute Gasteiger partial charge is 0.217 e. The molecule has 21 heavy (non-hydrogen) atoms. The van der Waals surface area contributed by atoms with Gasteiger partial charge in [0.1, 0.15) is 5.04 Å². The number of rotatable bonds is 4. The molecule has 0 aliphatic rings. The fourth-order valence-electron chi connectivity index (χ4n) is 1.73. The normalized spacial score (nSPS) is 12.2. The van der Waals surface area contributed by atoms with Crippen molar-refractivity contribution in [1.29, 1.82) is 0 Å². The number of ketones is 1. The van der Waals surface area contributed by atoms with Crippen LogP contribution in [0.4, 0.5) is 5.69 Å². The molecule has 0 saturated heterocycles. The van der Waals surface area contributed by atoms with Gasteiger partial charge in [-0.05, 0) is 18.4 Å². The maximum absolute atomic E-state index is 12.4. The van der Waals surface area contributed by atoms with E-state index in [4.69, 9.17) is 0 Å². The number of nitrogens with zero attached hydrogens (tertiary/aromatic N) is 2. The first-order valence-corrected chi connectivity index (χ1v) is 7.48. The third-order valence-electron chi connectivity index (χ3n) is 2.73.